The van der Waals surface area contributed by atoms with Gasteiger partial charge in [-0.2, -0.15) is 0 Å². The van der Waals surface area contributed by atoms with Crippen LogP contribution in [0.25, 0.3) is 5.03 Å². The first-order chi connectivity index (χ1) is 6.59. The molecule has 2 rings (SSSR count). The zero-order chi connectivity index (χ0) is 10.3. The smallest absolute Gasteiger partial charge is 0.333 e. The molecule has 0 atom stereocenters. The molecule has 0 saturated heterocycles. The second-order valence-corrected chi connectivity index (χ2v) is 3.89. The number of hydrogen-bond donors (Lipinski definition) is 1. The number of carboxylic acids is 1. The van der Waals surface area contributed by atoms with Gasteiger partial charge in [0.2, 0.25) is 0 Å². The largest absolute Gasteiger partial charge is 0.478 e. The van der Waals surface area contributed by atoms with Crippen molar-refractivity contribution < 1.29 is 9.90 Å². The lowest BCUT2D eigenvalue weighted by Crippen LogP contribution is -2.00. The van der Waals surface area contributed by atoms with Crippen LogP contribution in [-0.2, 0) is 11.2 Å². The number of carbonyl (C=O) groups is 1. The molecule has 0 fully saturated rings. The van der Waals surface area contributed by atoms with Crippen molar-refractivity contribution in [1.82, 2.24) is 0 Å². The predicted octanol–water partition coefficient (Wildman–Crippen LogP) is 2.93. The van der Waals surface area contributed by atoms with Gasteiger partial charge in [-0.05, 0) is 23.3 Å². The molecule has 0 amide bonds. The highest BCUT2D eigenvalue weighted by molar-refractivity contribution is 6.51. The fourth-order valence-corrected chi connectivity index (χ4v) is 2.05. The van der Waals surface area contributed by atoms with Crippen molar-refractivity contribution in [3.8, 4) is 0 Å². The Bertz CT molecular complexity index is 449. The van der Waals surface area contributed by atoms with Gasteiger partial charge in [-0.3, -0.25) is 0 Å². The average molecular weight is 229 g/mol. The number of hydrogen-bond acceptors (Lipinski definition) is 1. The van der Waals surface area contributed by atoms with Crippen LogP contribution in [0.1, 0.15) is 11.1 Å². The highest BCUT2D eigenvalue weighted by Gasteiger charge is 2.24. The van der Waals surface area contributed by atoms with Gasteiger partial charge in [0.1, 0.15) is 0 Å². The molecule has 72 valence electrons. The summed E-state index contributed by atoms with van der Waals surface area (Å²) >= 11 is 11.7. The molecule has 0 saturated carbocycles. The third-order valence-electron chi connectivity index (χ3n) is 2.19. The quantitative estimate of drug-likeness (QED) is 0.803. The van der Waals surface area contributed by atoms with Gasteiger partial charge in [0.25, 0.3) is 0 Å². The maximum atomic E-state index is 10.8. The fraction of sp³-hybridized carbons (Fsp3) is 0.100. The van der Waals surface area contributed by atoms with Gasteiger partial charge in [0.15, 0.2) is 0 Å². The summed E-state index contributed by atoms with van der Waals surface area (Å²) in [7, 11) is 0. The maximum Gasteiger partial charge on any atom is 0.333 e. The summed E-state index contributed by atoms with van der Waals surface area (Å²) in [4.78, 5) is 10.8. The molecule has 1 N–H and O–H groups in total. The lowest BCUT2D eigenvalue weighted by Gasteiger charge is -1.98. The highest BCUT2D eigenvalue weighted by Crippen LogP contribution is 2.36. The van der Waals surface area contributed by atoms with Crippen molar-refractivity contribution >= 4 is 34.2 Å². The van der Waals surface area contributed by atoms with Gasteiger partial charge in [0.05, 0.1) is 10.6 Å². The van der Waals surface area contributed by atoms with E-state index in [0.29, 0.717) is 16.5 Å². The molecule has 0 spiro atoms. The molecule has 2 nitrogen and oxygen atoms in total. The Morgan fingerprint density at radius 2 is 2.07 bits per heavy atom. The van der Waals surface area contributed by atoms with E-state index in [1.807, 2.05) is 0 Å². The van der Waals surface area contributed by atoms with Crippen molar-refractivity contribution in [3.05, 3.63) is 39.9 Å². The lowest BCUT2D eigenvalue weighted by molar-refractivity contribution is -0.132. The Kier molecular flexibility index (Phi) is 2.25. The summed E-state index contributed by atoms with van der Waals surface area (Å²) < 4.78 is 0. The SMILES string of the molecule is O=C(O)C1=C(Cl)c2ccc(Cl)cc2C1. The molecular formula is C10H6Cl2O2. The molecule has 0 unspecified atom stereocenters. The van der Waals surface area contributed by atoms with Crippen LogP contribution in [0.5, 0.6) is 0 Å². The minimum Gasteiger partial charge on any atom is -0.478 e. The van der Waals surface area contributed by atoms with Crippen LogP contribution in [0, 0.1) is 0 Å². The molecule has 0 aliphatic heterocycles. The van der Waals surface area contributed by atoms with Crippen LogP contribution in [0.4, 0.5) is 0 Å². The van der Waals surface area contributed by atoms with E-state index in [0.717, 1.165) is 11.1 Å². The predicted molar refractivity (Wildman–Crippen MR) is 55.6 cm³/mol. The number of aliphatic carboxylic acids is 1. The standard InChI is InChI=1S/C10H6Cl2O2/c11-6-1-2-7-5(3-6)4-8(9(7)12)10(13)14/h1-3H,4H2,(H,13,14). The third-order valence-corrected chi connectivity index (χ3v) is 2.86. The topological polar surface area (TPSA) is 37.3 Å². The summed E-state index contributed by atoms with van der Waals surface area (Å²) in [5, 5.41) is 9.77. The molecule has 1 aliphatic rings. The molecule has 0 bridgehead atoms. The normalized spacial score (nSPS) is 14.4. The van der Waals surface area contributed by atoms with E-state index in [1.54, 1.807) is 18.2 Å². The Hall–Kier alpha value is -0.990. The number of halogens is 2. The number of fused-ring (bicyclic) bond motifs is 1. The second-order valence-electron chi connectivity index (χ2n) is 3.08. The monoisotopic (exact) mass is 228 g/mol. The Labute approximate surface area is 90.8 Å². The first-order valence-electron chi connectivity index (χ1n) is 4.00. The second kappa shape index (κ2) is 3.30. The Morgan fingerprint density at radius 3 is 2.71 bits per heavy atom. The zero-order valence-corrected chi connectivity index (χ0v) is 8.56. The minimum absolute atomic E-state index is 0.240. The van der Waals surface area contributed by atoms with E-state index < -0.39 is 5.97 Å². The van der Waals surface area contributed by atoms with Gasteiger partial charge in [-0.25, -0.2) is 4.79 Å². The zero-order valence-electron chi connectivity index (χ0n) is 7.05. The minimum atomic E-state index is -0.970. The van der Waals surface area contributed by atoms with E-state index in [9.17, 15) is 4.79 Å². The van der Waals surface area contributed by atoms with Crippen molar-refractivity contribution in [2.45, 2.75) is 6.42 Å². The van der Waals surface area contributed by atoms with Crippen LogP contribution >= 0.6 is 23.2 Å². The molecule has 1 aromatic carbocycles. The highest BCUT2D eigenvalue weighted by atomic mass is 35.5. The summed E-state index contributed by atoms with van der Waals surface area (Å²) in [6, 6.07) is 5.19. The van der Waals surface area contributed by atoms with Crippen LogP contribution in [0.15, 0.2) is 23.8 Å². The van der Waals surface area contributed by atoms with Crippen LogP contribution < -0.4 is 0 Å². The molecule has 1 aromatic rings. The van der Waals surface area contributed by atoms with Crippen LogP contribution in [0.3, 0.4) is 0 Å². The molecule has 14 heavy (non-hydrogen) atoms. The van der Waals surface area contributed by atoms with Crippen molar-refractivity contribution in [2.75, 3.05) is 0 Å². The van der Waals surface area contributed by atoms with Gasteiger partial charge in [-0.1, -0.05) is 29.3 Å². The lowest BCUT2D eigenvalue weighted by atomic mass is 10.1. The first kappa shape index (κ1) is 9.56. The van der Waals surface area contributed by atoms with Gasteiger partial charge >= 0.3 is 5.97 Å². The number of rotatable bonds is 1. The number of carboxylic acid groups (broad SMARTS) is 1. The van der Waals surface area contributed by atoms with E-state index in [4.69, 9.17) is 28.3 Å². The summed E-state index contributed by atoms with van der Waals surface area (Å²) in [6.07, 6.45) is 0.351. The van der Waals surface area contributed by atoms with Crippen molar-refractivity contribution in [3.63, 3.8) is 0 Å². The summed E-state index contributed by atoms with van der Waals surface area (Å²) in [6.45, 7) is 0. The summed E-state index contributed by atoms with van der Waals surface area (Å²) in [5.74, 6) is -0.970. The molecular weight excluding hydrogens is 223 g/mol. The average Bonchev–Trinajstić information content (AvgIpc) is 2.43. The maximum absolute atomic E-state index is 10.8. The molecule has 0 radical (unpaired) electrons. The van der Waals surface area contributed by atoms with E-state index >= 15 is 0 Å². The van der Waals surface area contributed by atoms with Crippen molar-refractivity contribution in [2.24, 2.45) is 0 Å². The molecule has 4 heteroatoms. The van der Waals surface area contributed by atoms with Crippen LogP contribution in [0.2, 0.25) is 5.02 Å². The van der Waals surface area contributed by atoms with Crippen LogP contribution in [-0.4, -0.2) is 11.1 Å². The Morgan fingerprint density at radius 1 is 1.36 bits per heavy atom. The molecule has 1 aliphatic carbocycles. The van der Waals surface area contributed by atoms with Gasteiger partial charge in [0, 0.05) is 11.4 Å². The van der Waals surface area contributed by atoms with Gasteiger partial charge in [-0.15, -0.1) is 0 Å². The Balaban J connectivity index is 2.53. The van der Waals surface area contributed by atoms with E-state index in [-0.39, 0.29) is 5.57 Å². The number of benzene rings is 1. The summed E-state index contributed by atoms with van der Waals surface area (Å²) in [5.41, 5.74) is 1.89. The van der Waals surface area contributed by atoms with E-state index in [2.05, 4.69) is 0 Å². The van der Waals surface area contributed by atoms with Gasteiger partial charge < -0.3 is 5.11 Å². The fourth-order valence-electron chi connectivity index (χ4n) is 1.52. The molecule has 0 heterocycles. The third kappa shape index (κ3) is 1.41. The van der Waals surface area contributed by atoms with E-state index in [1.165, 1.54) is 0 Å². The first-order valence-corrected chi connectivity index (χ1v) is 4.76. The van der Waals surface area contributed by atoms with Crippen molar-refractivity contribution in [1.29, 1.82) is 0 Å². The molecule has 0 aromatic heterocycles.